The van der Waals surface area contributed by atoms with E-state index in [1.807, 2.05) is 6.08 Å². The molecule has 0 saturated carbocycles. The maximum Gasteiger partial charge on any atom is 0.129 e. The second-order valence-corrected chi connectivity index (χ2v) is 3.54. The number of nitrogens with zero attached hydrogens (tertiary/aromatic N) is 1. The second-order valence-electron chi connectivity index (χ2n) is 3.15. The zero-order valence-corrected chi connectivity index (χ0v) is 8.74. The summed E-state index contributed by atoms with van der Waals surface area (Å²) in [6.07, 6.45) is 5.62. The zero-order valence-electron chi connectivity index (χ0n) is 7.99. The first-order chi connectivity index (χ1) is 6.74. The van der Waals surface area contributed by atoms with Crippen LogP contribution in [0, 0.1) is 0 Å². The van der Waals surface area contributed by atoms with E-state index in [1.165, 1.54) is 0 Å². The molecule has 0 radical (unpaired) electrons. The molecule has 14 heavy (non-hydrogen) atoms. The first-order valence-electron chi connectivity index (χ1n) is 4.64. The fraction of sp³-hybridized carbons (Fsp3) is 0.364. The molecule has 3 heteroatoms. The molecule has 1 atom stereocenters. The Hall–Kier alpha value is -0.860. The lowest BCUT2D eigenvalue weighted by molar-refractivity contribution is 0.164. The Labute approximate surface area is 89.2 Å². The minimum Gasteiger partial charge on any atom is -0.388 e. The van der Waals surface area contributed by atoms with Crippen molar-refractivity contribution in [3.05, 3.63) is 41.7 Å². The topological polar surface area (TPSA) is 33.1 Å². The number of pyridine rings is 1. The van der Waals surface area contributed by atoms with E-state index in [1.54, 1.807) is 18.3 Å². The lowest BCUT2D eigenvalue weighted by Gasteiger charge is -2.09. The molecular weight excluding hydrogens is 198 g/mol. The van der Waals surface area contributed by atoms with Gasteiger partial charge >= 0.3 is 0 Å². The van der Waals surface area contributed by atoms with Gasteiger partial charge in [-0.15, -0.1) is 6.58 Å². The van der Waals surface area contributed by atoms with E-state index < -0.39 is 6.10 Å². The van der Waals surface area contributed by atoms with Crippen LogP contribution in [0.4, 0.5) is 0 Å². The molecule has 0 aliphatic rings. The first kappa shape index (κ1) is 11.2. The molecule has 1 unspecified atom stereocenters. The third-order valence-corrected chi connectivity index (χ3v) is 2.24. The van der Waals surface area contributed by atoms with E-state index in [0.717, 1.165) is 24.8 Å². The Morgan fingerprint density at radius 1 is 1.57 bits per heavy atom. The Kier molecular flexibility index (Phi) is 4.63. The lowest BCUT2D eigenvalue weighted by Crippen LogP contribution is -1.97. The molecule has 0 aromatic carbocycles. The Bertz CT molecular complexity index is 284. The van der Waals surface area contributed by atoms with E-state index in [-0.39, 0.29) is 0 Å². The maximum absolute atomic E-state index is 9.72. The molecular formula is C11H14ClNO. The highest BCUT2D eigenvalue weighted by Gasteiger charge is 2.06. The van der Waals surface area contributed by atoms with Crippen molar-refractivity contribution in [1.82, 2.24) is 4.98 Å². The number of aliphatic hydroxyl groups is 1. The van der Waals surface area contributed by atoms with Crippen LogP contribution in [-0.4, -0.2) is 10.1 Å². The van der Waals surface area contributed by atoms with Gasteiger partial charge in [0, 0.05) is 6.20 Å². The van der Waals surface area contributed by atoms with Gasteiger partial charge in [0.25, 0.3) is 0 Å². The van der Waals surface area contributed by atoms with Crippen molar-refractivity contribution in [1.29, 1.82) is 0 Å². The molecule has 0 spiro atoms. The minimum atomic E-state index is -0.445. The summed E-state index contributed by atoms with van der Waals surface area (Å²) in [6.45, 7) is 3.63. The number of halogens is 1. The largest absolute Gasteiger partial charge is 0.388 e. The fourth-order valence-corrected chi connectivity index (χ4v) is 1.32. The van der Waals surface area contributed by atoms with Gasteiger partial charge in [0.15, 0.2) is 0 Å². The molecule has 0 saturated heterocycles. The summed E-state index contributed by atoms with van der Waals surface area (Å²) in [5.41, 5.74) is 0.818. The normalized spacial score (nSPS) is 12.4. The SMILES string of the molecule is C=CCCCC(O)c1ccc(Cl)nc1. The van der Waals surface area contributed by atoms with E-state index in [4.69, 9.17) is 11.6 Å². The average molecular weight is 212 g/mol. The van der Waals surface area contributed by atoms with Crippen molar-refractivity contribution in [2.24, 2.45) is 0 Å². The molecule has 0 fully saturated rings. The van der Waals surface area contributed by atoms with E-state index in [0.29, 0.717) is 5.15 Å². The van der Waals surface area contributed by atoms with Gasteiger partial charge in [0.1, 0.15) is 5.15 Å². The molecule has 0 aliphatic heterocycles. The van der Waals surface area contributed by atoms with E-state index in [9.17, 15) is 5.11 Å². The summed E-state index contributed by atoms with van der Waals surface area (Å²) in [6, 6.07) is 3.49. The summed E-state index contributed by atoms with van der Waals surface area (Å²) in [5, 5.41) is 10.2. The molecule has 76 valence electrons. The summed E-state index contributed by atoms with van der Waals surface area (Å²) in [4.78, 5) is 3.91. The van der Waals surface area contributed by atoms with Gasteiger partial charge in [-0.25, -0.2) is 4.98 Å². The number of hydrogen-bond acceptors (Lipinski definition) is 2. The zero-order chi connectivity index (χ0) is 10.4. The van der Waals surface area contributed by atoms with Crippen LogP contribution < -0.4 is 0 Å². The van der Waals surface area contributed by atoms with Crippen LogP contribution in [0.5, 0.6) is 0 Å². The number of allylic oxidation sites excluding steroid dienone is 1. The summed E-state index contributed by atoms with van der Waals surface area (Å²) in [7, 11) is 0. The maximum atomic E-state index is 9.72. The van der Waals surface area contributed by atoms with E-state index in [2.05, 4.69) is 11.6 Å². The summed E-state index contributed by atoms with van der Waals surface area (Å²) < 4.78 is 0. The molecule has 1 heterocycles. The number of aromatic nitrogens is 1. The molecule has 2 nitrogen and oxygen atoms in total. The third kappa shape index (κ3) is 3.48. The van der Waals surface area contributed by atoms with Gasteiger partial charge in [-0.3, -0.25) is 0 Å². The molecule has 0 bridgehead atoms. The van der Waals surface area contributed by atoms with Crippen molar-refractivity contribution in [2.75, 3.05) is 0 Å². The van der Waals surface area contributed by atoms with Crippen molar-refractivity contribution >= 4 is 11.6 Å². The van der Waals surface area contributed by atoms with E-state index >= 15 is 0 Å². The molecule has 0 amide bonds. The van der Waals surface area contributed by atoms with Crippen LogP contribution in [0.1, 0.15) is 30.9 Å². The van der Waals surface area contributed by atoms with Crippen LogP contribution in [0.15, 0.2) is 31.0 Å². The average Bonchev–Trinajstić information content (AvgIpc) is 2.19. The number of aliphatic hydroxyl groups excluding tert-OH is 1. The molecule has 1 aromatic rings. The predicted molar refractivity (Wildman–Crippen MR) is 58.3 cm³/mol. The fourth-order valence-electron chi connectivity index (χ4n) is 1.21. The lowest BCUT2D eigenvalue weighted by atomic mass is 10.1. The van der Waals surface area contributed by atoms with Crippen molar-refractivity contribution in [3.63, 3.8) is 0 Å². The van der Waals surface area contributed by atoms with Gasteiger partial charge in [-0.1, -0.05) is 23.7 Å². The van der Waals surface area contributed by atoms with Crippen LogP contribution in [0.3, 0.4) is 0 Å². The van der Waals surface area contributed by atoms with Crippen LogP contribution in [-0.2, 0) is 0 Å². The molecule has 1 N–H and O–H groups in total. The van der Waals surface area contributed by atoms with Crippen molar-refractivity contribution in [3.8, 4) is 0 Å². The molecule has 1 rings (SSSR count). The smallest absolute Gasteiger partial charge is 0.129 e. The monoisotopic (exact) mass is 211 g/mol. The predicted octanol–water partition coefficient (Wildman–Crippen LogP) is 3.12. The first-order valence-corrected chi connectivity index (χ1v) is 5.02. The Morgan fingerprint density at radius 2 is 2.36 bits per heavy atom. The van der Waals surface area contributed by atoms with Crippen LogP contribution in [0.25, 0.3) is 0 Å². The second kappa shape index (κ2) is 5.78. The molecule has 1 aromatic heterocycles. The van der Waals surface area contributed by atoms with Gasteiger partial charge in [-0.2, -0.15) is 0 Å². The molecule has 0 aliphatic carbocycles. The van der Waals surface area contributed by atoms with Gasteiger partial charge in [0.2, 0.25) is 0 Å². The number of hydrogen-bond donors (Lipinski definition) is 1. The van der Waals surface area contributed by atoms with Gasteiger partial charge in [0.05, 0.1) is 6.10 Å². The third-order valence-electron chi connectivity index (χ3n) is 2.02. The highest BCUT2D eigenvalue weighted by molar-refractivity contribution is 6.29. The van der Waals surface area contributed by atoms with Gasteiger partial charge in [-0.05, 0) is 30.9 Å². The van der Waals surface area contributed by atoms with Crippen molar-refractivity contribution in [2.45, 2.75) is 25.4 Å². The minimum absolute atomic E-state index is 0.445. The number of unbranched alkanes of at least 4 members (excludes halogenated alkanes) is 1. The standard InChI is InChI=1S/C11H14ClNO/c1-2-3-4-5-10(14)9-6-7-11(12)13-8-9/h2,6-8,10,14H,1,3-5H2. The van der Waals surface area contributed by atoms with Crippen LogP contribution >= 0.6 is 11.6 Å². The van der Waals surface area contributed by atoms with Crippen molar-refractivity contribution < 1.29 is 5.11 Å². The van der Waals surface area contributed by atoms with Crippen LogP contribution in [0.2, 0.25) is 5.15 Å². The Balaban J connectivity index is 2.47. The Morgan fingerprint density at radius 3 is 2.93 bits per heavy atom. The number of rotatable bonds is 5. The highest BCUT2D eigenvalue weighted by atomic mass is 35.5. The quantitative estimate of drug-likeness (QED) is 0.461. The highest BCUT2D eigenvalue weighted by Crippen LogP contribution is 2.19. The summed E-state index contributed by atoms with van der Waals surface area (Å²) in [5.74, 6) is 0. The van der Waals surface area contributed by atoms with Gasteiger partial charge < -0.3 is 5.11 Å². The summed E-state index contributed by atoms with van der Waals surface area (Å²) >= 11 is 5.64.